The molecule has 1 fully saturated rings. The smallest absolute Gasteiger partial charge is 0.323 e. The van der Waals surface area contributed by atoms with Gasteiger partial charge in [0, 0.05) is 0 Å². The molecule has 0 bridgehead atoms. The molecule has 7 nitrogen and oxygen atoms in total. The Morgan fingerprint density at radius 3 is 2.69 bits per heavy atom. The van der Waals surface area contributed by atoms with Gasteiger partial charge in [-0.2, -0.15) is 0 Å². The molecular formula is C17H18INO6S. The highest BCUT2D eigenvalue weighted by Crippen LogP contribution is 2.37. The summed E-state index contributed by atoms with van der Waals surface area (Å²) in [4.78, 5) is 35.7. The average Bonchev–Trinajstić information content (AvgIpc) is 2.83. The van der Waals surface area contributed by atoms with Crippen LogP contribution in [0.3, 0.4) is 0 Å². The van der Waals surface area contributed by atoms with Crippen LogP contribution in [0.25, 0.3) is 6.08 Å². The van der Waals surface area contributed by atoms with Crippen molar-refractivity contribution in [2.24, 2.45) is 0 Å². The molecule has 0 aliphatic carbocycles. The molecule has 1 aromatic rings. The molecule has 2 rings (SSSR count). The predicted octanol–water partition coefficient (Wildman–Crippen LogP) is 3.60. The van der Waals surface area contributed by atoms with Crippen LogP contribution in [0.5, 0.6) is 11.5 Å². The normalized spacial score (nSPS) is 16.9. The largest absolute Gasteiger partial charge is 0.493 e. The van der Waals surface area contributed by atoms with E-state index < -0.39 is 23.7 Å². The first kappa shape index (κ1) is 20.6. The Morgan fingerprint density at radius 1 is 1.42 bits per heavy atom. The van der Waals surface area contributed by atoms with Gasteiger partial charge in [0.2, 0.25) is 0 Å². The van der Waals surface area contributed by atoms with E-state index in [-0.39, 0.29) is 11.0 Å². The SMILES string of the molecule is CC[C@@H](C)Oc1c(I)cc(/C=C2/SC(=O)N(CC(=O)O)C2=O)cc1OC. The number of thioether (sulfide) groups is 1. The Morgan fingerprint density at radius 2 is 2.12 bits per heavy atom. The molecule has 1 aromatic carbocycles. The van der Waals surface area contributed by atoms with Gasteiger partial charge in [0.1, 0.15) is 6.54 Å². The second kappa shape index (κ2) is 8.76. The molecule has 1 saturated heterocycles. The number of amides is 2. The van der Waals surface area contributed by atoms with Crippen molar-refractivity contribution in [2.75, 3.05) is 13.7 Å². The number of carbonyl (C=O) groups excluding carboxylic acids is 2. The van der Waals surface area contributed by atoms with Gasteiger partial charge in [-0.3, -0.25) is 19.3 Å². The van der Waals surface area contributed by atoms with E-state index in [1.165, 1.54) is 7.11 Å². The number of halogens is 1. The monoisotopic (exact) mass is 491 g/mol. The van der Waals surface area contributed by atoms with Crippen LogP contribution in [0.2, 0.25) is 0 Å². The van der Waals surface area contributed by atoms with Gasteiger partial charge in [-0.05, 0) is 71.5 Å². The second-order valence-corrected chi connectivity index (χ2v) is 7.69. The lowest BCUT2D eigenvalue weighted by atomic mass is 10.1. The number of aliphatic carboxylic acids is 1. The summed E-state index contributed by atoms with van der Waals surface area (Å²) in [6.07, 6.45) is 2.41. The molecule has 1 aliphatic rings. The fourth-order valence-electron chi connectivity index (χ4n) is 2.14. The van der Waals surface area contributed by atoms with Gasteiger partial charge in [-0.25, -0.2) is 0 Å². The molecule has 0 spiro atoms. The zero-order valence-corrected chi connectivity index (χ0v) is 17.4. The fourth-order valence-corrected chi connectivity index (χ4v) is 3.74. The predicted molar refractivity (Wildman–Crippen MR) is 106 cm³/mol. The number of carboxylic acids is 1. The maximum absolute atomic E-state index is 12.2. The van der Waals surface area contributed by atoms with Gasteiger partial charge in [0.25, 0.3) is 11.1 Å². The molecule has 1 aliphatic heterocycles. The van der Waals surface area contributed by atoms with Crippen LogP contribution in [0.15, 0.2) is 17.0 Å². The van der Waals surface area contributed by atoms with Gasteiger partial charge in [0.15, 0.2) is 11.5 Å². The van der Waals surface area contributed by atoms with Gasteiger partial charge < -0.3 is 14.6 Å². The van der Waals surface area contributed by atoms with E-state index in [2.05, 4.69) is 22.6 Å². The first-order chi connectivity index (χ1) is 12.3. The molecule has 0 aromatic heterocycles. The Balaban J connectivity index is 2.33. The Labute approximate surface area is 168 Å². The van der Waals surface area contributed by atoms with Crippen molar-refractivity contribution in [3.8, 4) is 11.5 Å². The van der Waals surface area contributed by atoms with Crippen molar-refractivity contribution >= 4 is 57.5 Å². The van der Waals surface area contributed by atoms with E-state index in [1.807, 2.05) is 19.9 Å². The number of methoxy groups -OCH3 is 1. The van der Waals surface area contributed by atoms with E-state index in [0.717, 1.165) is 21.8 Å². The summed E-state index contributed by atoms with van der Waals surface area (Å²) in [5.74, 6) is -0.709. The van der Waals surface area contributed by atoms with Crippen molar-refractivity contribution in [3.05, 3.63) is 26.2 Å². The Kier molecular flexibility index (Phi) is 6.93. The number of hydrogen-bond acceptors (Lipinski definition) is 6. The molecule has 1 atom stereocenters. The van der Waals surface area contributed by atoms with Gasteiger partial charge in [-0.1, -0.05) is 6.92 Å². The highest BCUT2D eigenvalue weighted by Gasteiger charge is 2.36. The summed E-state index contributed by atoms with van der Waals surface area (Å²) in [6.45, 7) is 3.33. The number of benzene rings is 1. The highest BCUT2D eigenvalue weighted by atomic mass is 127. The van der Waals surface area contributed by atoms with Crippen LogP contribution in [0, 0.1) is 3.57 Å². The van der Waals surface area contributed by atoms with Gasteiger partial charge in [-0.15, -0.1) is 0 Å². The number of nitrogens with zero attached hydrogens (tertiary/aromatic N) is 1. The summed E-state index contributed by atoms with van der Waals surface area (Å²) in [6, 6.07) is 3.52. The zero-order chi connectivity index (χ0) is 19.4. The number of carbonyl (C=O) groups is 3. The minimum Gasteiger partial charge on any atom is -0.493 e. The lowest BCUT2D eigenvalue weighted by Crippen LogP contribution is -2.33. The zero-order valence-electron chi connectivity index (χ0n) is 14.4. The lowest BCUT2D eigenvalue weighted by Gasteiger charge is -2.17. The first-order valence-electron chi connectivity index (χ1n) is 7.78. The van der Waals surface area contributed by atoms with E-state index in [4.69, 9.17) is 14.6 Å². The maximum Gasteiger partial charge on any atom is 0.323 e. The number of ether oxygens (including phenoxy) is 2. The summed E-state index contributed by atoms with van der Waals surface area (Å²) in [7, 11) is 1.53. The molecular weight excluding hydrogens is 473 g/mol. The number of imide groups is 1. The van der Waals surface area contributed by atoms with E-state index in [0.29, 0.717) is 22.0 Å². The molecule has 26 heavy (non-hydrogen) atoms. The van der Waals surface area contributed by atoms with Crippen LogP contribution in [-0.4, -0.2) is 46.9 Å². The molecule has 0 radical (unpaired) electrons. The molecule has 0 saturated carbocycles. The van der Waals surface area contributed by atoms with Crippen molar-refractivity contribution in [3.63, 3.8) is 0 Å². The Bertz CT molecular complexity index is 779. The van der Waals surface area contributed by atoms with Crippen molar-refractivity contribution < 1.29 is 29.0 Å². The van der Waals surface area contributed by atoms with Gasteiger partial charge in [0.05, 0.1) is 21.7 Å². The molecule has 1 N–H and O–H groups in total. The molecule has 2 amide bonds. The number of hydrogen-bond donors (Lipinski definition) is 1. The second-order valence-electron chi connectivity index (χ2n) is 5.53. The summed E-state index contributed by atoms with van der Waals surface area (Å²) < 4.78 is 12.1. The number of carboxylic acid groups (broad SMARTS) is 1. The quantitative estimate of drug-likeness (QED) is 0.460. The van der Waals surface area contributed by atoms with Crippen LogP contribution in [-0.2, 0) is 9.59 Å². The minimum atomic E-state index is -1.24. The average molecular weight is 491 g/mol. The molecule has 140 valence electrons. The van der Waals surface area contributed by atoms with Crippen LogP contribution < -0.4 is 9.47 Å². The third kappa shape index (κ3) is 4.70. The van der Waals surface area contributed by atoms with E-state index in [9.17, 15) is 14.4 Å². The topological polar surface area (TPSA) is 93.1 Å². The molecule has 9 heteroatoms. The third-order valence-corrected chi connectivity index (χ3v) is 5.32. The maximum atomic E-state index is 12.2. The standard InChI is InChI=1S/C17H18INO6S/c1-4-9(2)25-15-11(18)5-10(6-12(15)24-3)7-13-16(22)19(8-14(20)21)17(23)26-13/h5-7,9H,4,8H2,1-3H3,(H,20,21)/b13-7+/t9-/m1/s1. The minimum absolute atomic E-state index is 0.0239. The molecule has 1 heterocycles. The van der Waals surface area contributed by atoms with Crippen molar-refractivity contribution in [1.29, 1.82) is 0 Å². The van der Waals surface area contributed by atoms with Gasteiger partial charge >= 0.3 is 5.97 Å². The summed E-state index contributed by atoms with van der Waals surface area (Å²) >= 11 is 2.84. The van der Waals surface area contributed by atoms with Crippen molar-refractivity contribution in [1.82, 2.24) is 4.90 Å². The fraction of sp³-hybridized carbons (Fsp3) is 0.353. The summed E-state index contributed by atoms with van der Waals surface area (Å²) in [5, 5.41) is 8.21. The third-order valence-electron chi connectivity index (χ3n) is 3.61. The lowest BCUT2D eigenvalue weighted by molar-refractivity contribution is -0.140. The van der Waals surface area contributed by atoms with Crippen LogP contribution >= 0.6 is 34.4 Å². The molecule has 0 unspecified atom stereocenters. The first-order valence-corrected chi connectivity index (χ1v) is 9.67. The van der Waals surface area contributed by atoms with E-state index >= 15 is 0 Å². The highest BCUT2D eigenvalue weighted by molar-refractivity contribution is 14.1. The summed E-state index contributed by atoms with van der Waals surface area (Å²) in [5.41, 5.74) is 0.656. The van der Waals surface area contributed by atoms with Crippen LogP contribution in [0.4, 0.5) is 4.79 Å². The Hall–Kier alpha value is -1.75. The van der Waals surface area contributed by atoms with Crippen molar-refractivity contribution in [2.45, 2.75) is 26.4 Å². The van der Waals surface area contributed by atoms with Crippen LogP contribution in [0.1, 0.15) is 25.8 Å². The number of rotatable bonds is 7. The van der Waals surface area contributed by atoms with E-state index in [1.54, 1.807) is 12.1 Å².